The summed E-state index contributed by atoms with van der Waals surface area (Å²) in [5.41, 5.74) is 1.86. The third-order valence-electron chi connectivity index (χ3n) is 6.79. The van der Waals surface area contributed by atoms with Crippen molar-refractivity contribution in [1.82, 2.24) is 8.87 Å². The lowest BCUT2D eigenvalue weighted by atomic mass is 9.84. The average Bonchev–Trinajstić information content (AvgIpc) is 2.88. The van der Waals surface area contributed by atoms with Gasteiger partial charge in [-0.3, -0.25) is 9.59 Å². The molecular weight excluding hydrogens is 478 g/mol. The highest BCUT2D eigenvalue weighted by atomic mass is 32.2. The molecule has 0 aliphatic carbocycles. The van der Waals surface area contributed by atoms with Gasteiger partial charge in [-0.15, -0.1) is 0 Å². The van der Waals surface area contributed by atoms with Gasteiger partial charge in [-0.05, 0) is 73.4 Å². The van der Waals surface area contributed by atoms with Crippen LogP contribution in [0.4, 0.5) is 5.69 Å². The quantitative estimate of drug-likeness (QED) is 0.526. The number of nitrogens with zero attached hydrogens (tertiary/aromatic N) is 2. The number of carbonyl (C=O) groups is 1. The molecule has 2 aromatic carbocycles. The van der Waals surface area contributed by atoms with Crippen molar-refractivity contribution in [2.45, 2.75) is 37.1 Å². The van der Waals surface area contributed by atoms with Crippen LogP contribution in [0, 0.1) is 5.92 Å². The number of anilines is 1. The highest BCUT2D eigenvalue weighted by Crippen LogP contribution is 2.37. The summed E-state index contributed by atoms with van der Waals surface area (Å²) in [5, 5.41) is 2.81. The number of hydrogen-bond donors (Lipinski definition) is 1. The van der Waals surface area contributed by atoms with Gasteiger partial charge < -0.3 is 14.6 Å². The largest absolute Gasteiger partial charge is 0.494 e. The molecule has 36 heavy (non-hydrogen) atoms. The van der Waals surface area contributed by atoms with Crippen LogP contribution in [0.5, 0.6) is 5.75 Å². The van der Waals surface area contributed by atoms with E-state index in [2.05, 4.69) is 5.32 Å². The van der Waals surface area contributed by atoms with Gasteiger partial charge in [0.05, 0.1) is 11.5 Å². The summed E-state index contributed by atoms with van der Waals surface area (Å²) >= 11 is 0. The minimum atomic E-state index is -3.71. The van der Waals surface area contributed by atoms with E-state index in [1.807, 2.05) is 13.0 Å². The average molecular weight is 508 g/mol. The first-order chi connectivity index (χ1) is 17.3. The zero-order valence-corrected chi connectivity index (χ0v) is 20.9. The Balaban J connectivity index is 1.27. The first kappa shape index (κ1) is 24.3. The molecular formula is C27H29N3O5S. The first-order valence-electron chi connectivity index (χ1n) is 12.2. The lowest BCUT2D eigenvalue weighted by molar-refractivity contribution is 0.102. The maximum absolute atomic E-state index is 13.4. The molecule has 8 nitrogen and oxygen atoms in total. The van der Waals surface area contributed by atoms with E-state index in [0.29, 0.717) is 43.2 Å². The van der Waals surface area contributed by atoms with Crippen molar-refractivity contribution >= 4 is 21.6 Å². The van der Waals surface area contributed by atoms with Gasteiger partial charge in [0.2, 0.25) is 10.0 Å². The topological polar surface area (TPSA) is 97.7 Å². The second kappa shape index (κ2) is 9.91. The number of amides is 1. The van der Waals surface area contributed by atoms with Crippen LogP contribution in [-0.2, 0) is 16.6 Å². The Bertz CT molecular complexity index is 1420. The molecule has 2 aliphatic rings. The molecule has 0 saturated carbocycles. The summed E-state index contributed by atoms with van der Waals surface area (Å²) in [6.07, 6.45) is 1.79. The summed E-state index contributed by atoms with van der Waals surface area (Å²) in [5.74, 6) is 0.521. The van der Waals surface area contributed by atoms with Crippen molar-refractivity contribution in [3.05, 3.63) is 88.3 Å². The van der Waals surface area contributed by atoms with Crippen molar-refractivity contribution < 1.29 is 17.9 Å². The minimum Gasteiger partial charge on any atom is -0.494 e. The monoisotopic (exact) mass is 507 g/mol. The molecule has 2 atom stereocenters. The molecule has 0 spiro atoms. The van der Waals surface area contributed by atoms with Crippen LogP contribution in [0.25, 0.3) is 0 Å². The maximum Gasteiger partial charge on any atom is 0.255 e. The number of nitrogens with one attached hydrogen (secondary N) is 1. The highest BCUT2D eigenvalue weighted by molar-refractivity contribution is 7.89. The zero-order chi connectivity index (χ0) is 25.3. The number of benzene rings is 2. The zero-order valence-electron chi connectivity index (χ0n) is 20.1. The summed E-state index contributed by atoms with van der Waals surface area (Å²) in [6, 6.07) is 18.3. The number of rotatable bonds is 7. The standard InChI is InChI=1S/C27H29N3O5S/c1-2-14-35-23-10-6-20(7-11-23)27(32)28-22-8-12-24(13-9-22)36(33,34)29-16-19-15-21(18-29)25-4-3-5-26(31)30(25)17-19/h3-13,19,21H,2,14-18H2,1H3,(H,28,32)/t19-,21+/m1/s1. The summed E-state index contributed by atoms with van der Waals surface area (Å²) in [4.78, 5) is 25.0. The Morgan fingerprint density at radius 3 is 2.47 bits per heavy atom. The SMILES string of the molecule is CCCOc1ccc(C(=O)Nc2ccc(S(=O)(=O)N3C[C@H]4C[C@@H](C3)c3cccc(=O)n3C4)cc2)cc1. The molecule has 1 amide bonds. The van der Waals surface area contributed by atoms with Gasteiger partial charge in [0.1, 0.15) is 5.75 Å². The molecule has 3 aromatic rings. The van der Waals surface area contributed by atoms with Crippen LogP contribution in [0.3, 0.4) is 0 Å². The van der Waals surface area contributed by atoms with Gasteiger partial charge in [0.25, 0.3) is 11.5 Å². The predicted molar refractivity (Wildman–Crippen MR) is 137 cm³/mol. The highest BCUT2D eigenvalue weighted by Gasteiger charge is 2.39. The van der Waals surface area contributed by atoms with Gasteiger partial charge in [0, 0.05) is 48.6 Å². The van der Waals surface area contributed by atoms with Crippen molar-refractivity contribution in [3.8, 4) is 5.75 Å². The second-order valence-corrected chi connectivity index (χ2v) is 11.3. The normalized spacial score (nSPS) is 19.4. The Kier molecular flexibility index (Phi) is 6.68. The Morgan fingerprint density at radius 1 is 1.00 bits per heavy atom. The molecule has 0 radical (unpaired) electrons. The van der Waals surface area contributed by atoms with Crippen molar-refractivity contribution in [2.24, 2.45) is 5.92 Å². The Labute approximate surface area is 210 Å². The Morgan fingerprint density at radius 2 is 1.75 bits per heavy atom. The van der Waals surface area contributed by atoms with Crippen LogP contribution >= 0.6 is 0 Å². The number of ether oxygens (including phenoxy) is 1. The van der Waals surface area contributed by atoms with E-state index in [9.17, 15) is 18.0 Å². The van der Waals surface area contributed by atoms with E-state index in [0.717, 1.165) is 18.5 Å². The van der Waals surface area contributed by atoms with Gasteiger partial charge >= 0.3 is 0 Å². The molecule has 1 fully saturated rings. The molecule has 3 heterocycles. The Hall–Kier alpha value is -3.43. The molecule has 5 rings (SSSR count). The van der Waals surface area contributed by atoms with Gasteiger partial charge in [-0.1, -0.05) is 13.0 Å². The number of fused-ring (bicyclic) bond motifs is 4. The van der Waals surface area contributed by atoms with Gasteiger partial charge in [-0.2, -0.15) is 4.31 Å². The number of carbonyl (C=O) groups excluding carboxylic acids is 1. The maximum atomic E-state index is 13.4. The molecule has 2 bridgehead atoms. The fourth-order valence-corrected chi connectivity index (χ4v) is 6.60. The van der Waals surface area contributed by atoms with Crippen LogP contribution in [0.2, 0.25) is 0 Å². The van der Waals surface area contributed by atoms with Gasteiger partial charge in [0.15, 0.2) is 0 Å². The van der Waals surface area contributed by atoms with E-state index in [-0.39, 0.29) is 28.2 Å². The number of aromatic nitrogens is 1. The minimum absolute atomic E-state index is 0.00139. The predicted octanol–water partition coefficient (Wildman–Crippen LogP) is 3.70. The van der Waals surface area contributed by atoms with Crippen molar-refractivity contribution in [2.75, 3.05) is 25.0 Å². The first-order valence-corrected chi connectivity index (χ1v) is 13.6. The fraction of sp³-hybridized carbons (Fsp3) is 0.333. The van der Waals surface area contributed by atoms with E-state index < -0.39 is 10.0 Å². The number of sulfonamides is 1. The molecule has 0 unspecified atom stereocenters. The number of hydrogen-bond acceptors (Lipinski definition) is 5. The number of piperidine rings is 1. The molecule has 1 N–H and O–H groups in total. The van der Waals surface area contributed by atoms with Crippen LogP contribution in [0.15, 0.2) is 76.4 Å². The summed E-state index contributed by atoms with van der Waals surface area (Å²) < 4.78 is 35.7. The second-order valence-electron chi connectivity index (χ2n) is 9.37. The lowest BCUT2D eigenvalue weighted by Gasteiger charge is -2.42. The van der Waals surface area contributed by atoms with Crippen LogP contribution < -0.4 is 15.6 Å². The van der Waals surface area contributed by atoms with Crippen molar-refractivity contribution in [1.29, 1.82) is 0 Å². The molecule has 1 saturated heterocycles. The van der Waals surface area contributed by atoms with Crippen LogP contribution in [-0.4, -0.2) is 42.9 Å². The molecule has 2 aliphatic heterocycles. The molecule has 188 valence electrons. The number of pyridine rings is 1. The van der Waals surface area contributed by atoms with E-state index in [1.165, 1.54) is 16.4 Å². The van der Waals surface area contributed by atoms with E-state index in [1.54, 1.807) is 53.1 Å². The van der Waals surface area contributed by atoms with Crippen molar-refractivity contribution in [3.63, 3.8) is 0 Å². The summed E-state index contributed by atoms with van der Waals surface area (Å²) in [6.45, 7) is 3.91. The lowest BCUT2D eigenvalue weighted by Crippen LogP contribution is -2.48. The third kappa shape index (κ3) is 4.81. The van der Waals surface area contributed by atoms with Crippen LogP contribution in [0.1, 0.15) is 41.7 Å². The van der Waals surface area contributed by atoms with E-state index in [4.69, 9.17) is 4.74 Å². The smallest absolute Gasteiger partial charge is 0.255 e. The molecule has 1 aromatic heterocycles. The fourth-order valence-electron chi connectivity index (χ4n) is 5.03. The third-order valence-corrected chi connectivity index (χ3v) is 8.63. The van der Waals surface area contributed by atoms with E-state index >= 15 is 0 Å². The van der Waals surface area contributed by atoms with Gasteiger partial charge in [-0.25, -0.2) is 8.42 Å². The summed E-state index contributed by atoms with van der Waals surface area (Å²) in [7, 11) is -3.71. The molecule has 9 heteroatoms.